The van der Waals surface area contributed by atoms with Crippen LogP contribution in [0.15, 0.2) is 24.3 Å². The maximum Gasteiger partial charge on any atom is 0.0802 e. The minimum absolute atomic E-state index is 0.334. The van der Waals surface area contributed by atoms with E-state index in [0.29, 0.717) is 0 Å². The average Bonchev–Trinajstić information content (AvgIpc) is 2.34. The van der Waals surface area contributed by atoms with Crippen LogP contribution in [-0.2, 0) is 0 Å². The highest BCUT2D eigenvalue weighted by Crippen LogP contribution is 2.17. The van der Waals surface area contributed by atoms with Crippen molar-refractivity contribution in [2.45, 2.75) is 39.2 Å². The lowest BCUT2D eigenvalue weighted by atomic mass is 10.0. The molecule has 0 radical (unpaired) electrons. The van der Waals surface area contributed by atoms with Crippen LogP contribution in [0.2, 0.25) is 0 Å². The van der Waals surface area contributed by atoms with Crippen LogP contribution in [-0.4, -0.2) is 30.1 Å². The zero-order valence-corrected chi connectivity index (χ0v) is 11.3. The third kappa shape index (κ3) is 5.33. The minimum Gasteiger partial charge on any atom is -0.388 e. The summed E-state index contributed by atoms with van der Waals surface area (Å²) in [5, 5.41) is 10.1. The van der Waals surface area contributed by atoms with Crippen molar-refractivity contribution in [3.8, 4) is 0 Å². The number of hydrogen-bond donors (Lipinski definition) is 1. The molecular weight excluding hydrogens is 210 g/mol. The number of nitrogens with zero attached hydrogens (tertiary/aromatic N) is 1. The molecule has 0 saturated heterocycles. The molecule has 1 aromatic carbocycles. The van der Waals surface area contributed by atoms with Gasteiger partial charge in [0.2, 0.25) is 0 Å². The van der Waals surface area contributed by atoms with Gasteiger partial charge in [0.25, 0.3) is 0 Å². The Labute approximate surface area is 105 Å². The zero-order valence-electron chi connectivity index (χ0n) is 11.3. The summed E-state index contributed by atoms with van der Waals surface area (Å²) in [4.78, 5) is 2.29. The first kappa shape index (κ1) is 14.2. The third-order valence-corrected chi connectivity index (χ3v) is 3.14. The molecule has 2 nitrogen and oxygen atoms in total. The predicted molar refractivity (Wildman–Crippen MR) is 73.2 cm³/mol. The average molecular weight is 235 g/mol. The lowest BCUT2D eigenvalue weighted by molar-refractivity contribution is 0.149. The van der Waals surface area contributed by atoms with Crippen LogP contribution >= 0.6 is 0 Å². The summed E-state index contributed by atoms with van der Waals surface area (Å²) in [7, 11) is 2.12. The fraction of sp³-hybridized carbons (Fsp3) is 0.600. The van der Waals surface area contributed by atoms with Crippen LogP contribution in [0.5, 0.6) is 0 Å². The Morgan fingerprint density at radius 1 is 1.18 bits per heavy atom. The summed E-state index contributed by atoms with van der Waals surface area (Å²) in [6, 6.07) is 8.15. The van der Waals surface area contributed by atoms with Gasteiger partial charge < -0.3 is 10.0 Å². The van der Waals surface area contributed by atoms with Crippen LogP contribution in [0.25, 0.3) is 0 Å². The van der Waals surface area contributed by atoms with E-state index in [1.807, 2.05) is 12.1 Å². The molecule has 1 N–H and O–H groups in total. The Bertz CT molecular complexity index is 307. The lowest BCUT2D eigenvalue weighted by Gasteiger charge is -2.18. The zero-order chi connectivity index (χ0) is 12.7. The number of aliphatic hydroxyl groups is 1. The van der Waals surface area contributed by atoms with Crippen molar-refractivity contribution < 1.29 is 5.11 Å². The molecule has 0 bridgehead atoms. The number of aliphatic hydroxyl groups excluding tert-OH is 1. The largest absolute Gasteiger partial charge is 0.388 e. The van der Waals surface area contributed by atoms with E-state index in [9.17, 15) is 5.11 Å². The van der Waals surface area contributed by atoms with Crippen molar-refractivity contribution in [2.24, 2.45) is 0 Å². The van der Waals surface area contributed by atoms with Gasteiger partial charge >= 0.3 is 0 Å². The van der Waals surface area contributed by atoms with E-state index < -0.39 is 0 Å². The second-order valence-electron chi connectivity index (χ2n) is 4.87. The van der Waals surface area contributed by atoms with Gasteiger partial charge in [-0.05, 0) is 38.9 Å². The fourth-order valence-electron chi connectivity index (χ4n) is 1.84. The number of hydrogen-bond acceptors (Lipinski definition) is 2. The molecule has 1 aromatic rings. The van der Waals surface area contributed by atoms with E-state index >= 15 is 0 Å². The van der Waals surface area contributed by atoms with Gasteiger partial charge in [-0.1, -0.05) is 43.2 Å². The highest BCUT2D eigenvalue weighted by molar-refractivity contribution is 5.22. The first-order valence-corrected chi connectivity index (χ1v) is 6.56. The molecule has 0 aliphatic carbocycles. The van der Waals surface area contributed by atoms with Gasteiger partial charge in [0.05, 0.1) is 6.10 Å². The van der Waals surface area contributed by atoms with Gasteiger partial charge in [0, 0.05) is 6.54 Å². The first-order chi connectivity index (χ1) is 8.13. The van der Waals surface area contributed by atoms with Crippen LogP contribution in [0.4, 0.5) is 0 Å². The molecule has 17 heavy (non-hydrogen) atoms. The van der Waals surface area contributed by atoms with Crippen molar-refractivity contribution >= 4 is 0 Å². The van der Waals surface area contributed by atoms with Crippen LogP contribution in [0.1, 0.15) is 43.4 Å². The van der Waals surface area contributed by atoms with E-state index in [1.54, 1.807) is 0 Å². The SMILES string of the molecule is CCCCN(C)CCC(O)c1ccc(C)cc1. The van der Waals surface area contributed by atoms with Crippen LogP contribution < -0.4 is 0 Å². The summed E-state index contributed by atoms with van der Waals surface area (Å²) in [5.74, 6) is 0. The number of benzene rings is 1. The summed E-state index contributed by atoms with van der Waals surface area (Å²) >= 11 is 0. The maximum absolute atomic E-state index is 10.1. The van der Waals surface area contributed by atoms with Gasteiger partial charge in [-0.15, -0.1) is 0 Å². The molecule has 1 unspecified atom stereocenters. The molecule has 2 heteroatoms. The highest BCUT2D eigenvalue weighted by atomic mass is 16.3. The molecule has 0 spiro atoms. The Morgan fingerprint density at radius 3 is 2.41 bits per heavy atom. The fourth-order valence-corrected chi connectivity index (χ4v) is 1.84. The molecule has 0 aliphatic heterocycles. The summed E-state index contributed by atoms with van der Waals surface area (Å²) in [6.07, 6.45) is 2.94. The second-order valence-corrected chi connectivity index (χ2v) is 4.87. The van der Waals surface area contributed by atoms with Crippen molar-refractivity contribution in [1.29, 1.82) is 0 Å². The minimum atomic E-state index is -0.334. The van der Waals surface area contributed by atoms with E-state index in [0.717, 1.165) is 25.1 Å². The van der Waals surface area contributed by atoms with E-state index in [2.05, 4.69) is 37.9 Å². The normalized spacial score (nSPS) is 13.0. The van der Waals surface area contributed by atoms with Gasteiger partial charge in [-0.3, -0.25) is 0 Å². The second kappa shape index (κ2) is 7.46. The topological polar surface area (TPSA) is 23.5 Å². The maximum atomic E-state index is 10.1. The predicted octanol–water partition coefficient (Wildman–Crippen LogP) is 3.15. The van der Waals surface area contributed by atoms with E-state index in [1.165, 1.54) is 18.4 Å². The standard InChI is InChI=1S/C15H25NO/c1-4-5-11-16(3)12-10-15(17)14-8-6-13(2)7-9-14/h6-9,15,17H,4-5,10-12H2,1-3H3. The van der Waals surface area contributed by atoms with Crippen molar-refractivity contribution in [3.05, 3.63) is 35.4 Å². The van der Waals surface area contributed by atoms with Gasteiger partial charge in [0.15, 0.2) is 0 Å². The Balaban J connectivity index is 2.34. The van der Waals surface area contributed by atoms with Crippen LogP contribution in [0, 0.1) is 6.92 Å². The van der Waals surface area contributed by atoms with Gasteiger partial charge in [0.1, 0.15) is 0 Å². The quantitative estimate of drug-likeness (QED) is 0.785. The molecule has 0 saturated carbocycles. The van der Waals surface area contributed by atoms with E-state index in [-0.39, 0.29) is 6.10 Å². The third-order valence-electron chi connectivity index (χ3n) is 3.14. The Kier molecular flexibility index (Phi) is 6.23. The molecule has 1 rings (SSSR count). The highest BCUT2D eigenvalue weighted by Gasteiger charge is 2.08. The molecule has 0 aliphatic rings. The van der Waals surface area contributed by atoms with Crippen molar-refractivity contribution in [1.82, 2.24) is 4.90 Å². The summed E-state index contributed by atoms with van der Waals surface area (Å²) in [6.45, 7) is 6.34. The molecule has 0 heterocycles. The Morgan fingerprint density at radius 2 is 1.82 bits per heavy atom. The molecule has 1 atom stereocenters. The molecule has 96 valence electrons. The molecule has 0 aromatic heterocycles. The molecular formula is C15H25NO. The van der Waals surface area contributed by atoms with Crippen molar-refractivity contribution in [2.75, 3.05) is 20.1 Å². The lowest BCUT2D eigenvalue weighted by Crippen LogP contribution is -2.22. The smallest absolute Gasteiger partial charge is 0.0802 e. The summed E-state index contributed by atoms with van der Waals surface area (Å²) in [5.41, 5.74) is 2.26. The molecule has 0 amide bonds. The first-order valence-electron chi connectivity index (χ1n) is 6.56. The van der Waals surface area contributed by atoms with Gasteiger partial charge in [-0.2, -0.15) is 0 Å². The van der Waals surface area contributed by atoms with E-state index in [4.69, 9.17) is 0 Å². The Hall–Kier alpha value is -0.860. The van der Waals surface area contributed by atoms with Crippen LogP contribution in [0.3, 0.4) is 0 Å². The number of aryl methyl sites for hydroxylation is 1. The van der Waals surface area contributed by atoms with Gasteiger partial charge in [-0.25, -0.2) is 0 Å². The number of unbranched alkanes of at least 4 members (excludes halogenated alkanes) is 1. The molecule has 0 fully saturated rings. The van der Waals surface area contributed by atoms with Crippen molar-refractivity contribution in [3.63, 3.8) is 0 Å². The monoisotopic (exact) mass is 235 g/mol. The number of rotatable bonds is 7. The summed E-state index contributed by atoms with van der Waals surface area (Å²) < 4.78 is 0.